The van der Waals surface area contributed by atoms with Crippen LogP contribution in [0, 0.1) is 0 Å². The van der Waals surface area contributed by atoms with Gasteiger partial charge in [0.1, 0.15) is 31.8 Å². The molecule has 7 nitrogen and oxygen atoms in total. The lowest BCUT2D eigenvalue weighted by Gasteiger charge is -2.41. The molecular formula is C24H49NO6. The van der Waals surface area contributed by atoms with E-state index >= 15 is 0 Å². The zero-order valence-corrected chi connectivity index (χ0v) is 19.8. The summed E-state index contributed by atoms with van der Waals surface area (Å²) in [5.74, 6) is -1.26. The Morgan fingerprint density at radius 1 is 0.710 bits per heavy atom. The van der Waals surface area contributed by atoms with Crippen molar-refractivity contribution in [2.45, 2.75) is 109 Å². The van der Waals surface area contributed by atoms with Crippen LogP contribution < -0.4 is 5.11 Å². The van der Waals surface area contributed by atoms with Gasteiger partial charge in [0.25, 0.3) is 0 Å². The number of nitrogens with zero attached hydrogens (tertiary/aromatic N) is 1. The molecule has 0 aromatic heterocycles. The number of unbranched alkanes of at least 4 members (excludes halogenated alkanes) is 13. The van der Waals surface area contributed by atoms with Gasteiger partial charge in [-0.25, -0.2) is 0 Å². The Balaban J connectivity index is 4.11. The Morgan fingerprint density at radius 3 is 1.39 bits per heavy atom. The molecule has 186 valence electrons. The molecule has 0 saturated heterocycles. The second kappa shape index (κ2) is 19.9. The fourth-order valence-electron chi connectivity index (χ4n) is 4.39. The van der Waals surface area contributed by atoms with Crippen LogP contribution in [0.15, 0.2) is 0 Å². The molecule has 0 heterocycles. The number of hydrogen-bond donors (Lipinski definition) is 4. The SMILES string of the molecule is CCCCCCCCCCCCCCCC[N+](CC(=O)[O-])(CC(O)CO)CC(O)CO. The number of aliphatic carboxylic acids is 1. The van der Waals surface area contributed by atoms with Gasteiger partial charge in [-0.2, -0.15) is 0 Å². The summed E-state index contributed by atoms with van der Waals surface area (Å²) >= 11 is 0. The first-order valence-electron chi connectivity index (χ1n) is 12.5. The fourth-order valence-corrected chi connectivity index (χ4v) is 4.39. The lowest BCUT2D eigenvalue weighted by molar-refractivity contribution is -0.928. The number of quaternary nitrogens is 1. The van der Waals surface area contributed by atoms with Crippen LogP contribution in [0.1, 0.15) is 96.8 Å². The van der Waals surface area contributed by atoms with Gasteiger partial charge in [0.05, 0.1) is 25.7 Å². The maximum atomic E-state index is 11.3. The molecule has 2 atom stereocenters. The second-order valence-corrected chi connectivity index (χ2v) is 9.23. The lowest BCUT2D eigenvalue weighted by Crippen LogP contribution is -2.61. The molecule has 2 unspecified atom stereocenters. The summed E-state index contributed by atoms with van der Waals surface area (Å²) in [4.78, 5) is 11.3. The van der Waals surface area contributed by atoms with E-state index in [4.69, 9.17) is 0 Å². The van der Waals surface area contributed by atoms with E-state index in [-0.39, 0.29) is 24.1 Å². The summed E-state index contributed by atoms with van der Waals surface area (Å²) in [7, 11) is 0. The molecule has 0 aliphatic rings. The van der Waals surface area contributed by atoms with E-state index in [2.05, 4.69) is 6.92 Å². The normalized spacial score (nSPS) is 15.5. The molecule has 0 spiro atoms. The highest BCUT2D eigenvalue weighted by Gasteiger charge is 2.32. The van der Waals surface area contributed by atoms with Crippen molar-refractivity contribution in [1.29, 1.82) is 0 Å². The van der Waals surface area contributed by atoms with Crippen molar-refractivity contribution in [1.82, 2.24) is 0 Å². The Kier molecular flexibility index (Phi) is 19.4. The van der Waals surface area contributed by atoms with Crippen LogP contribution in [0.2, 0.25) is 0 Å². The molecule has 4 N–H and O–H groups in total. The molecule has 0 aliphatic heterocycles. The number of aliphatic hydroxyl groups excluding tert-OH is 4. The molecule has 0 saturated carbocycles. The highest BCUT2D eigenvalue weighted by atomic mass is 16.4. The van der Waals surface area contributed by atoms with Crippen molar-refractivity contribution in [3.63, 3.8) is 0 Å². The van der Waals surface area contributed by atoms with Gasteiger partial charge in [0.15, 0.2) is 0 Å². The Labute approximate surface area is 189 Å². The summed E-state index contributed by atoms with van der Waals surface area (Å²) in [6, 6.07) is 0. The number of carboxylic acids is 1. The number of rotatable bonds is 23. The van der Waals surface area contributed by atoms with E-state index in [0.717, 1.165) is 25.7 Å². The first kappa shape index (κ1) is 30.3. The topological polar surface area (TPSA) is 121 Å². The van der Waals surface area contributed by atoms with E-state index in [1.54, 1.807) is 0 Å². The Bertz CT molecular complexity index is 409. The third kappa shape index (κ3) is 17.5. The largest absolute Gasteiger partial charge is 0.544 e. The zero-order valence-electron chi connectivity index (χ0n) is 19.8. The van der Waals surface area contributed by atoms with Crippen LogP contribution in [0.5, 0.6) is 0 Å². The smallest absolute Gasteiger partial charge is 0.126 e. The van der Waals surface area contributed by atoms with Gasteiger partial charge in [-0.3, -0.25) is 0 Å². The fraction of sp³-hybridized carbons (Fsp3) is 0.958. The Morgan fingerprint density at radius 2 is 1.06 bits per heavy atom. The molecule has 0 rings (SSSR count). The van der Waals surface area contributed by atoms with E-state index in [0.29, 0.717) is 6.54 Å². The average Bonchev–Trinajstić information content (AvgIpc) is 2.73. The predicted molar refractivity (Wildman–Crippen MR) is 121 cm³/mol. The van der Waals surface area contributed by atoms with E-state index in [1.165, 1.54) is 64.2 Å². The van der Waals surface area contributed by atoms with Crippen molar-refractivity contribution < 1.29 is 34.8 Å². The maximum absolute atomic E-state index is 11.3. The third-order valence-corrected chi connectivity index (χ3v) is 6.07. The van der Waals surface area contributed by atoms with Crippen LogP contribution in [0.3, 0.4) is 0 Å². The number of aliphatic hydroxyl groups is 4. The van der Waals surface area contributed by atoms with Crippen molar-refractivity contribution in [3.05, 3.63) is 0 Å². The lowest BCUT2D eigenvalue weighted by atomic mass is 10.0. The van der Waals surface area contributed by atoms with Crippen LogP contribution in [0.4, 0.5) is 0 Å². The van der Waals surface area contributed by atoms with E-state index in [1.807, 2.05) is 0 Å². The van der Waals surface area contributed by atoms with Crippen molar-refractivity contribution in [3.8, 4) is 0 Å². The summed E-state index contributed by atoms with van der Waals surface area (Å²) in [5, 5.41) is 49.4. The molecule has 0 aromatic carbocycles. The number of carbonyl (C=O) groups excluding carboxylic acids is 1. The van der Waals surface area contributed by atoms with Crippen molar-refractivity contribution >= 4 is 5.97 Å². The minimum absolute atomic E-state index is 0.0139. The van der Waals surface area contributed by atoms with Crippen LogP contribution in [-0.4, -0.2) is 82.5 Å². The second-order valence-electron chi connectivity index (χ2n) is 9.23. The Hall–Kier alpha value is -0.730. The van der Waals surface area contributed by atoms with Gasteiger partial charge in [-0.15, -0.1) is 0 Å². The maximum Gasteiger partial charge on any atom is 0.126 e. The summed E-state index contributed by atoms with van der Waals surface area (Å²) in [5.41, 5.74) is 0. The summed E-state index contributed by atoms with van der Waals surface area (Å²) < 4.78 is -0.0932. The highest BCUT2D eigenvalue weighted by Crippen LogP contribution is 2.16. The molecule has 7 heteroatoms. The number of hydrogen-bond acceptors (Lipinski definition) is 6. The standard InChI is InChI=1S/C24H49NO6/c1-2-3-4-5-6-7-8-9-10-11-12-13-14-15-16-25(19-24(30)31,17-22(28)20-26)18-23(29)21-27/h22-23,26-29H,2-21H2,1H3. The monoisotopic (exact) mass is 447 g/mol. The van der Waals surface area contributed by atoms with Gasteiger partial charge in [-0.05, 0) is 12.8 Å². The molecule has 31 heavy (non-hydrogen) atoms. The molecular weight excluding hydrogens is 398 g/mol. The molecule has 0 amide bonds. The summed E-state index contributed by atoms with van der Waals surface area (Å²) in [6.07, 6.45) is 15.0. The number of carboxylic acid groups (broad SMARTS) is 1. The molecule has 0 bridgehead atoms. The van der Waals surface area contributed by atoms with Gasteiger partial charge >= 0.3 is 0 Å². The van der Waals surface area contributed by atoms with Gasteiger partial charge in [0.2, 0.25) is 0 Å². The quantitative estimate of drug-likeness (QED) is 0.140. The first-order chi connectivity index (χ1) is 14.9. The van der Waals surface area contributed by atoms with E-state index in [9.17, 15) is 30.3 Å². The van der Waals surface area contributed by atoms with Crippen molar-refractivity contribution in [2.75, 3.05) is 39.4 Å². The minimum atomic E-state index is -1.26. The molecule has 0 radical (unpaired) electrons. The van der Waals surface area contributed by atoms with Crippen LogP contribution in [-0.2, 0) is 4.79 Å². The molecule has 0 fully saturated rings. The molecule has 0 aliphatic carbocycles. The van der Waals surface area contributed by atoms with Crippen LogP contribution in [0.25, 0.3) is 0 Å². The average molecular weight is 448 g/mol. The third-order valence-electron chi connectivity index (χ3n) is 6.07. The zero-order chi connectivity index (χ0) is 23.4. The summed E-state index contributed by atoms with van der Waals surface area (Å²) in [6.45, 7) is 1.43. The minimum Gasteiger partial charge on any atom is -0.544 e. The molecule has 0 aromatic rings. The first-order valence-corrected chi connectivity index (χ1v) is 12.5. The number of carbonyl (C=O) groups is 1. The predicted octanol–water partition coefficient (Wildman–Crippen LogP) is 1.74. The van der Waals surface area contributed by atoms with E-state index < -0.39 is 31.4 Å². The van der Waals surface area contributed by atoms with Crippen molar-refractivity contribution in [2.24, 2.45) is 0 Å². The van der Waals surface area contributed by atoms with Crippen LogP contribution >= 0.6 is 0 Å². The highest BCUT2D eigenvalue weighted by molar-refractivity contribution is 5.65. The van der Waals surface area contributed by atoms with Gasteiger partial charge < -0.3 is 34.8 Å². The van der Waals surface area contributed by atoms with Gasteiger partial charge in [-0.1, -0.05) is 84.0 Å². The van der Waals surface area contributed by atoms with Gasteiger partial charge in [0, 0.05) is 0 Å².